The molecule has 0 aliphatic heterocycles. The molecule has 0 aliphatic carbocycles. The number of hydrogen-bond donors (Lipinski definition) is 2. The predicted molar refractivity (Wildman–Crippen MR) is 70.6 cm³/mol. The van der Waals surface area contributed by atoms with Gasteiger partial charge in [-0.1, -0.05) is 27.2 Å². The second-order valence-electron chi connectivity index (χ2n) is 4.10. The largest absolute Gasteiger partial charge is 0.396 e. The van der Waals surface area contributed by atoms with Gasteiger partial charge in [0.15, 0.2) is 0 Å². The number of hydrogen-bond acceptors (Lipinski definition) is 3. The highest BCUT2D eigenvalue weighted by Gasteiger charge is 2.14. The van der Waals surface area contributed by atoms with E-state index in [-0.39, 0.29) is 0 Å². The zero-order valence-electron chi connectivity index (χ0n) is 10.5. The highest BCUT2D eigenvalue weighted by atomic mass is 32.2. The van der Waals surface area contributed by atoms with Crippen LogP contribution in [0.1, 0.15) is 40.0 Å². The van der Waals surface area contributed by atoms with Crippen molar-refractivity contribution in [1.29, 1.82) is 0 Å². The lowest BCUT2D eigenvalue weighted by atomic mass is 10.0. The Balaban J connectivity index is 3.69. The van der Waals surface area contributed by atoms with Crippen molar-refractivity contribution >= 4 is 11.8 Å². The van der Waals surface area contributed by atoms with E-state index in [1.165, 1.54) is 18.6 Å². The third-order valence-electron chi connectivity index (χ3n) is 2.73. The van der Waals surface area contributed by atoms with E-state index >= 15 is 0 Å². The normalized spacial score (nSPS) is 15.2. The predicted octanol–water partition coefficient (Wildman–Crippen LogP) is 2.52. The highest BCUT2D eigenvalue weighted by molar-refractivity contribution is 7.99. The van der Waals surface area contributed by atoms with Crippen LogP contribution in [-0.4, -0.2) is 35.8 Å². The first-order valence-corrected chi connectivity index (χ1v) is 7.33. The van der Waals surface area contributed by atoms with Crippen molar-refractivity contribution in [2.45, 2.75) is 46.1 Å². The molecule has 2 nitrogen and oxygen atoms in total. The molecule has 0 aromatic carbocycles. The fourth-order valence-corrected chi connectivity index (χ4v) is 2.62. The number of rotatable bonds is 10. The quantitative estimate of drug-likeness (QED) is 0.569. The SMILES string of the molecule is CCCNC(CSCCCO)C(C)CC. The summed E-state index contributed by atoms with van der Waals surface area (Å²) in [6.45, 7) is 8.22. The summed E-state index contributed by atoms with van der Waals surface area (Å²) in [4.78, 5) is 0. The third-order valence-corrected chi connectivity index (χ3v) is 3.90. The molecule has 0 heterocycles. The van der Waals surface area contributed by atoms with Crippen molar-refractivity contribution in [3.8, 4) is 0 Å². The van der Waals surface area contributed by atoms with Gasteiger partial charge >= 0.3 is 0 Å². The Labute approximate surface area is 99.2 Å². The number of aliphatic hydroxyl groups is 1. The zero-order chi connectivity index (χ0) is 11.5. The van der Waals surface area contributed by atoms with E-state index in [4.69, 9.17) is 5.11 Å². The minimum absolute atomic E-state index is 0.323. The molecule has 92 valence electrons. The molecule has 0 bridgehead atoms. The minimum atomic E-state index is 0.323. The summed E-state index contributed by atoms with van der Waals surface area (Å²) in [6.07, 6.45) is 3.36. The molecule has 0 amide bonds. The van der Waals surface area contributed by atoms with E-state index in [0.29, 0.717) is 12.6 Å². The van der Waals surface area contributed by atoms with Crippen molar-refractivity contribution in [3.05, 3.63) is 0 Å². The minimum Gasteiger partial charge on any atom is -0.396 e. The van der Waals surface area contributed by atoms with Crippen LogP contribution in [0.4, 0.5) is 0 Å². The van der Waals surface area contributed by atoms with E-state index in [0.717, 1.165) is 24.6 Å². The van der Waals surface area contributed by atoms with E-state index < -0.39 is 0 Å². The van der Waals surface area contributed by atoms with Gasteiger partial charge in [-0.2, -0.15) is 11.8 Å². The molecule has 2 atom stereocenters. The summed E-state index contributed by atoms with van der Waals surface area (Å²) in [5.74, 6) is 3.00. The van der Waals surface area contributed by atoms with Gasteiger partial charge in [0.2, 0.25) is 0 Å². The first-order chi connectivity index (χ1) is 7.26. The van der Waals surface area contributed by atoms with Crippen LogP contribution in [0.15, 0.2) is 0 Å². The molecular weight excluding hydrogens is 206 g/mol. The molecule has 0 rings (SSSR count). The lowest BCUT2D eigenvalue weighted by Crippen LogP contribution is -2.37. The first kappa shape index (κ1) is 15.3. The Morgan fingerprint density at radius 1 is 1.33 bits per heavy atom. The van der Waals surface area contributed by atoms with Crippen LogP contribution >= 0.6 is 11.8 Å². The molecule has 3 heteroatoms. The van der Waals surface area contributed by atoms with E-state index in [1.54, 1.807) is 0 Å². The smallest absolute Gasteiger partial charge is 0.0438 e. The molecule has 0 fully saturated rings. The average Bonchev–Trinajstić information content (AvgIpc) is 2.27. The monoisotopic (exact) mass is 233 g/mol. The zero-order valence-corrected chi connectivity index (χ0v) is 11.3. The lowest BCUT2D eigenvalue weighted by molar-refractivity contribution is 0.296. The van der Waals surface area contributed by atoms with Gasteiger partial charge in [0.25, 0.3) is 0 Å². The maximum atomic E-state index is 8.70. The van der Waals surface area contributed by atoms with Gasteiger partial charge in [0.05, 0.1) is 0 Å². The molecular formula is C12H27NOS. The fourth-order valence-electron chi connectivity index (χ4n) is 1.42. The molecule has 15 heavy (non-hydrogen) atoms. The van der Waals surface area contributed by atoms with Crippen LogP contribution in [-0.2, 0) is 0 Å². The summed E-state index contributed by atoms with van der Waals surface area (Å²) in [5.41, 5.74) is 0. The Morgan fingerprint density at radius 2 is 2.07 bits per heavy atom. The Morgan fingerprint density at radius 3 is 2.60 bits per heavy atom. The standard InChI is InChI=1S/C12H27NOS/c1-4-7-13-12(11(3)5-2)10-15-9-6-8-14/h11-14H,4-10H2,1-3H3. The second-order valence-corrected chi connectivity index (χ2v) is 5.25. The highest BCUT2D eigenvalue weighted by Crippen LogP contribution is 2.14. The number of nitrogens with one attached hydrogen (secondary N) is 1. The van der Waals surface area contributed by atoms with Gasteiger partial charge < -0.3 is 10.4 Å². The lowest BCUT2D eigenvalue weighted by Gasteiger charge is -2.24. The van der Waals surface area contributed by atoms with E-state index in [1.807, 2.05) is 11.8 Å². The van der Waals surface area contributed by atoms with Crippen LogP contribution in [0.5, 0.6) is 0 Å². The van der Waals surface area contributed by atoms with Crippen molar-refractivity contribution in [2.75, 3.05) is 24.7 Å². The summed E-state index contributed by atoms with van der Waals surface area (Å²) >= 11 is 1.96. The third kappa shape index (κ3) is 8.12. The molecule has 0 spiro atoms. The van der Waals surface area contributed by atoms with Crippen molar-refractivity contribution < 1.29 is 5.11 Å². The molecule has 0 saturated heterocycles. The van der Waals surface area contributed by atoms with E-state index in [9.17, 15) is 0 Å². The maximum Gasteiger partial charge on any atom is 0.0438 e. The van der Waals surface area contributed by atoms with Gasteiger partial charge in [0.1, 0.15) is 0 Å². The topological polar surface area (TPSA) is 32.3 Å². The van der Waals surface area contributed by atoms with Crippen LogP contribution in [0, 0.1) is 5.92 Å². The van der Waals surface area contributed by atoms with Crippen molar-refractivity contribution in [1.82, 2.24) is 5.32 Å². The molecule has 2 unspecified atom stereocenters. The first-order valence-electron chi connectivity index (χ1n) is 6.18. The number of thioether (sulfide) groups is 1. The fraction of sp³-hybridized carbons (Fsp3) is 1.00. The Kier molecular flexibility index (Phi) is 11.0. The molecule has 0 saturated carbocycles. The maximum absolute atomic E-state index is 8.70. The Bertz CT molecular complexity index is 133. The molecule has 0 aliphatic rings. The molecule has 0 aromatic heterocycles. The van der Waals surface area contributed by atoms with Gasteiger partial charge in [-0.25, -0.2) is 0 Å². The van der Waals surface area contributed by atoms with Crippen LogP contribution in [0.2, 0.25) is 0 Å². The van der Waals surface area contributed by atoms with Gasteiger partial charge in [-0.3, -0.25) is 0 Å². The van der Waals surface area contributed by atoms with Gasteiger partial charge in [0, 0.05) is 18.4 Å². The second kappa shape index (κ2) is 10.8. The molecule has 0 aromatic rings. The van der Waals surface area contributed by atoms with Crippen LogP contribution in [0.3, 0.4) is 0 Å². The van der Waals surface area contributed by atoms with Gasteiger partial charge in [-0.15, -0.1) is 0 Å². The van der Waals surface area contributed by atoms with Crippen molar-refractivity contribution in [3.63, 3.8) is 0 Å². The summed E-state index contributed by atoms with van der Waals surface area (Å²) in [6, 6.07) is 0.638. The number of aliphatic hydroxyl groups excluding tert-OH is 1. The van der Waals surface area contributed by atoms with Crippen molar-refractivity contribution in [2.24, 2.45) is 5.92 Å². The van der Waals surface area contributed by atoms with Crippen LogP contribution < -0.4 is 5.32 Å². The Hall–Kier alpha value is 0.270. The molecule has 0 radical (unpaired) electrons. The van der Waals surface area contributed by atoms with Crippen LogP contribution in [0.25, 0.3) is 0 Å². The summed E-state index contributed by atoms with van der Waals surface area (Å²) in [7, 11) is 0. The average molecular weight is 233 g/mol. The summed E-state index contributed by atoms with van der Waals surface area (Å²) in [5, 5.41) is 12.3. The van der Waals surface area contributed by atoms with Gasteiger partial charge in [-0.05, 0) is 31.1 Å². The molecule has 2 N–H and O–H groups in total. The van der Waals surface area contributed by atoms with E-state index in [2.05, 4.69) is 26.1 Å². The summed E-state index contributed by atoms with van der Waals surface area (Å²) < 4.78 is 0.